The summed E-state index contributed by atoms with van der Waals surface area (Å²) in [6.45, 7) is 10.5. The molecule has 0 aromatic heterocycles. The fourth-order valence-corrected chi connectivity index (χ4v) is 2.92. The van der Waals surface area contributed by atoms with Crippen molar-refractivity contribution >= 4 is 33.8 Å². The summed E-state index contributed by atoms with van der Waals surface area (Å²) >= 11 is 2.06. The third-order valence-corrected chi connectivity index (χ3v) is 5.23. The summed E-state index contributed by atoms with van der Waals surface area (Å²) < 4.78 is 11.0. The average Bonchev–Trinajstić information content (AvgIpc) is 2.74. The van der Waals surface area contributed by atoms with E-state index in [1.165, 1.54) is 12.5 Å². The van der Waals surface area contributed by atoms with Crippen LogP contribution < -0.4 is 9.47 Å². The molecule has 0 fully saturated rings. The maximum absolute atomic E-state index is 11.4. The Balaban J connectivity index is 1.87. The average molecular weight is 439 g/mol. The second-order valence-electron chi connectivity index (χ2n) is 6.20. The maximum Gasteiger partial charge on any atom is 0.218 e. The topological polar surface area (TPSA) is 52.6 Å². The Bertz CT molecular complexity index is 890. The molecule has 0 aliphatic carbocycles. The highest BCUT2D eigenvalue weighted by Gasteiger charge is 2.02. The predicted molar refractivity (Wildman–Crippen MR) is 126 cm³/mol. The number of ether oxygens (including phenoxy) is 2. The summed E-state index contributed by atoms with van der Waals surface area (Å²) in [5.74, 6) is 1.34. The zero-order chi connectivity index (χ0) is 21.9. The largest absolute Gasteiger partial charge is 0.464 e. The van der Waals surface area contributed by atoms with Crippen molar-refractivity contribution in [1.82, 2.24) is 0 Å². The molecule has 0 spiro atoms. The van der Waals surface area contributed by atoms with E-state index in [4.69, 9.17) is 9.47 Å². The van der Waals surface area contributed by atoms with Crippen molar-refractivity contribution in [2.45, 2.75) is 13.8 Å². The molecule has 2 aromatic rings. The molecule has 2 aromatic carbocycles. The Morgan fingerprint density at radius 2 is 1.03 bits per heavy atom. The van der Waals surface area contributed by atoms with Gasteiger partial charge in [-0.25, -0.2) is 0 Å². The van der Waals surface area contributed by atoms with Crippen molar-refractivity contribution in [1.29, 1.82) is 0 Å². The van der Waals surface area contributed by atoms with Crippen LogP contribution in [0.15, 0.2) is 96.2 Å². The lowest BCUT2D eigenvalue weighted by atomic mass is 10.1. The SMILES string of the molecule is C=C(C)C(=O)SC=COc1ccc(-c2ccc(OC=CSC(=O)C(=C)C)cc2)cc1. The minimum Gasteiger partial charge on any atom is -0.464 e. The van der Waals surface area contributed by atoms with Crippen LogP contribution in [0.1, 0.15) is 13.8 Å². The predicted octanol–water partition coefficient (Wildman–Crippen LogP) is 6.73. The van der Waals surface area contributed by atoms with Crippen LogP contribution in [0, 0.1) is 0 Å². The number of carbonyl (C=O) groups excluding carboxylic acids is 2. The highest BCUT2D eigenvalue weighted by atomic mass is 32.2. The molecule has 0 saturated carbocycles. The van der Waals surface area contributed by atoms with E-state index in [2.05, 4.69) is 13.2 Å². The van der Waals surface area contributed by atoms with E-state index in [1.807, 2.05) is 48.5 Å². The van der Waals surface area contributed by atoms with E-state index in [1.54, 1.807) is 24.7 Å². The smallest absolute Gasteiger partial charge is 0.218 e. The molecule has 154 valence electrons. The van der Waals surface area contributed by atoms with E-state index in [0.29, 0.717) is 22.6 Å². The molecule has 0 aliphatic rings. The molecule has 0 saturated heterocycles. The minimum absolute atomic E-state index is 0.0905. The van der Waals surface area contributed by atoms with Gasteiger partial charge < -0.3 is 9.47 Å². The van der Waals surface area contributed by atoms with Crippen molar-refractivity contribution < 1.29 is 19.1 Å². The summed E-state index contributed by atoms with van der Waals surface area (Å²) in [4.78, 5) is 22.9. The Morgan fingerprint density at radius 3 is 1.33 bits per heavy atom. The van der Waals surface area contributed by atoms with Gasteiger partial charge in [-0.1, -0.05) is 60.9 Å². The molecule has 0 radical (unpaired) electrons. The molecule has 30 heavy (non-hydrogen) atoms. The number of hydrogen-bond donors (Lipinski definition) is 0. The third kappa shape index (κ3) is 7.81. The second kappa shape index (κ2) is 11.9. The molecule has 0 atom stereocenters. The van der Waals surface area contributed by atoms with Crippen LogP contribution in [-0.4, -0.2) is 10.2 Å². The zero-order valence-corrected chi connectivity index (χ0v) is 18.4. The lowest BCUT2D eigenvalue weighted by Crippen LogP contribution is -1.89. The van der Waals surface area contributed by atoms with Gasteiger partial charge in [-0.15, -0.1) is 0 Å². The quantitative estimate of drug-likeness (QED) is 0.320. The van der Waals surface area contributed by atoms with E-state index in [9.17, 15) is 9.59 Å². The maximum atomic E-state index is 11.4. The minimum atomic E-state index is -0.0905. The molecule has 2 rings (SSSR count). The zero-order valence-electron chi connectivity index (χ0n) is 16.8. The lowest BCUT2D eigenvalue weighted by molar-refractivity contribution is -0.108. The lowest BCUT2D eigenvalue weighted by Gasteiger charge is -2.05. The van der Waals surface area contributed by atoms with E-state index in [0.717, 1.165) is 34.7 Å². The van der Waals surface area contributed by atoms with Crippen LogP contribution >= 0.6 is 23.5 Å². The van der Waals surface area contributed by atoms with Crippen molar-refractivity contribution in [2.24, 2.45) is 0 Å². The van der Waals surface area contributed by atoms with Crippen LogP contribution in [0.3, 0.4) is 0 Å². The fourth-order valence-electron chi connectivity index (χ4n) is 2.04. The van der Waals surface area contributed by atoms with Gasteiger partial charge in [0.15, 0.2) is 0 Å². The van der Waals surface area contributed by atoms with E-state index in [-0.39, 0.29) is 10.2 Å². The van der Waals surface area contributed by atoms with Crippen molar-refractivity contribution in [2.75, 3.05) is 0 Å². The molecule has 0 aliphatic heterocycles. The van der Waals surface area contributed by atoms with Gasteiger partial charge in [0.2, 0.25) is 10.2 Å². The molecule has 6 heteroatoms. The molecule has 0 N–H and O–H groups in total. The van der Waals surface area contributed by atoms with Crippen molar-refractivity contribution in [3.8, 4) is 22.6 Å². The van der Waals surface area contributed by atoms with Gasteiger partial charge in [-0.05, 0) is 60.4 Å². The summed E-state index contributed by atoms with van der Waals surface area (Å²) in [7, 11) is 0. The first-order chi connectivity index (χ1) is 14.4. The van der Waals surface area contributed by atoms with Gasteiger partial charge in [0.05, 0.1) is 12.5 Å². The first-order valence-electron chi connectivity index (χ1n) is 8.93. The van der Waals surface area contributed by atoms with E-state index < -0.39 is 0 Å². The van der Waals surface area contributed by atoms with Gasteiger partial charge >= 0.3 is 0 Å². The number of rotatable bonds is 9. The standard InChI is InChI=1S/C24H22O4S2/c1-17(2)23(25)29-15-13-27-21-9-5-19(6-10-21)20-7-11-22(12-8-20)28-14-16-30-24(26)18(3)4/h5-16H,1,3H2,2,4H3. The Labute approximate surface area is 185 Å². The first-order valence-corrected chi connectivity index (χ1v) is 10.7. The summed E-state index contributed by atoms with van der Waals surface area (Å²) in [6.07, 6.45) is 2.95. The molecular weight excluding hydrogens is 416 g/mol. The van der Waals surface area contributed by atoms with Crippen molar-refractivity contribution in [3.05, 3.63) is 96.2 Å². The fraction of sp³-hybridized carbons (Fsp3) is 0.0833. The van der Waals surface area contributed by atoms with Crippen molar-refractivity contribution in [3.63, 3.8) is 0 Å². The molecule has 0 unspecified atom stereocenters. The number of hydrogen-bond acceptors (Lipinski definition) is 6. The first kappa shape index (κ1) is 23.3. The van der Waals surface area contributed by atoms with Crippen LogP contribution in [0.5, 0.6) is 11.5 Å². The summed E-state index contributed by atoms with van der Waals surface area (Å²) in [5.41, 5.74) is 3.06. The van der Waals surface area contributed by atoms with Gasteiger partial charge in [0, 0.05) is 10.8 Å². The normalized spacial score (nSPS) is 10.9. The van der Waals surface area contributed by atoms with Gasteiger partial charge in [-0.2, -0.15) is 0 Å². The van der Waals surface area contributed by atoms with Gasteiger partial charge in [-0.3, -0.25) is 9.59 Å². The Morgan fingerprint density at radius 1 is 0.700 bits per heavy atom. The highest BCUT2D eigenvalue weighted by molar-refractivity contribution is 8.16. The highest BCUT2D eigenvalue weighted by Crippen LogP contribution is 2.25. The molecule has 0 amide bonds. The molecular formula is C24H22O4S2. The van der Waals surface area contributed by atoms with Crippen LogP contribution in [0.4, 0.5) is 0 Å². The van der Waals surface area contributed by atoms with Crippen LogP contribution in [0.2, 0.25) is 0 Å². The number of benzene rings is 2. The van der Waals surface area contributed by atoms with Gasteiger partial charge in [0.25, 0.3) is 0 Å². The van der Waals surface area contributed by atoms with Gasteiger partial charge in [0.1, 0.15) is 11.5 Å². The molecule has 0 heterocycles. The number of thioether (sulfide) groups is 2. The summed E-state index contributed by atoms with van der Waals surface area (Å²) in [6, 6.07) is 15.2. The number of carbonyl (C=O) groups is 2. The monoisotopic (exact) mass is 438 g/mol. The second-order valence-corrected chi connectivity index (χ2v) is 7.96. The summed E-state index contributed by atoms with van der Waals surface area (Å²) in [5, 5.41) is 3.00. The molecule has 0 bridgehead atoms. The molecule has 4 nitrogen and oxygen atoms in total. The van der Waals surface area contributed by atoms with E-state index >= 15 is 0 Å². The van der Waals surface area contributed by atoms with Crippen LogP contribution in [0.25, 0.3) is 11.1 Å². The third-order valence-electron chi connectivity index (χ3n) is 3.61. The van der Waals surface area contributed by atoms with Crippen LogP contribution in [-0.2, 0) is 9.59 Å². The Hall–Kier alpha value is -2.96. The Kier molecular flexibility index (Phi) is 9.25.